The summed E-state index contributed by atoms with van der Waals surface area (Å²) in [5.74, 6) is 0. The van der Waals surface area contributed by atoms with Gasteiger partial charge in [0.05, 0.1) is 31.0 Å². The number of morpholine rings is 1. The van der Waals surface area contributed by atoms with E-state index in [0.29, 0.717) is 19.7 Å². The first-order chi connectivity index (χ1) is 9.82. The van der Waals surface area contributed by atoms with Crippen molar-refractivity contribution >= 4 is 6.09 Å². The van der Waals surface area contributed by atoms with Crippen LogP contribution in [0, 0.1) is 0 Å². The molecule has 0 atom stereocenters. The number of piperidine rings is 1. The van der Waals surface area contributed by atoms with Gasteiger partial charge < -0.3 is 24.4 Å². The fraction of sp³-hybridized carbons (Fsp3) is 0.933. The maximum absolute atomic E-state index is 12.1. The highest BCUT2D eigenvalue weighted by Gasteiger charge is 2.49. The van der Waals surface area contributed by atoms with E-state index in [1.807, 2.05) is 20.8 Å². The van der Waals surface area contributed by atoms with Crippen LogP contribution in [0.15, 0.2) is 0 Å². The Morgan fingerprint density at radius 3 is 2.29 bits per heavy atom. The highest BCUT2D eigenvalue weighted by Crippen LogP contribution is 2.33. The highest BCUT2D eigenvalue weighted by molar-refractivity contribution is 5.68. The van der Waals surface area contributed by atoms with Gasteiger partial charge in [-0.05, 0) is 33.6 Å². The minimum absolute atomic E-state index is 0.0492. The average Bonchev–Trinajstić information content (AvgIpc) is 2.37. The molecule has 3 aliphatic heterocycles. The quantitative estimate of drug-likeness (QED) is 0.727. The van der Waals surface area contributed by atoms with E-state index >= 15 is 0 Å². The monoisotopic (exact) mass is 298 g/mol. The third-order valence-electron chi connectivity index (χ3n) is 4.52. The Morgan fingerprint density at radius 1 is 1.19 bits per heavy atom. The molecule has 0 unspecified atom stereocenters. The molecular formula is C15H26N2O4. The molecule has 3 rings (SSSR count). The van der Waals surface area contributed by atoms with Crippen molar-refractivity contribution in [2.75, 3.05) is 39.5 Å². The van der Waals surface area contributed by atoms with Crippen LogP contribution in [0.3, 0.4) is 0 Å². The number of ether oxygens (including phenoxy) is 3. The fourth-order valence-corrected chi connectivity index (χ4v) is 3.02. The van der Waals surface area contributed by atoms with Crippen LogP contribution in [-0.4, -0.2) is 67.2 Å². The Kier molecular flexibility index (Phi) is 3.66. The van der Waals surface area contributed by atoms with E-state index < -0.39 is 5.60 Å². The van der Waals surface area contributed by atoms with Gasteiger partial charge in [0.1, 0.15) is 5.60 Å². The maximum Gasteiger partial charge on any atom is 0.410 e. The molecule has 6 heteroatoms. The van der Waals surface area contributed by atoms with E-state index in [-0.39, 0.29) is 17.2 Å². The number of nitrogens with one attached hydrogen (secondary N) is 1. The second kappa shape index (κ2) is 5.11. The summed E-state index contributed by atoms with van der Waals surface area (Å²) in [4.78, 5) is 13.9. The van der Waals surface area contributed by atoms with Gasteiger partial charge in [-0.15, -0.1) is 0 Å². The summed E-state index contributed by atoms with van der Waals surface area (Å²) in [5.41, 5.74) is -0.515. The number of amides is 1. The lowest BCUT2D eigenvalue weighted by molar-refractivity contribution is -0.193. The molecule has 21 heavy (non-hydrogen) atoms. The van der Waals surface area contributed by atoms with E-state index in [2.05, 4.69) is 5.32 Å². The molecule has 0 bridgehead atoms. The van der Waals surface area contributed by atoms with Gasteiger partial charge >= 0.3 is 6.09 Å². The zero-order chi connectivity index (χ0) is 15.1. The Morgan fingerprint density at radius 2 is 1.86 bits per heavy atom. The Balaban J connectivity index is 1.50. The van der Waals surface area contributed by atoms with Crippen LogP contribution in [0.2, 0.25) is 0 Å². The van der Waals surface area contributed by atoms with Gasteiger partial charge in [-0.3, -0.25) is 0 Å². The number of rotatable bonds is 0. The largest absolute Gasteiger partial charge is 0.444 e. The molecule has 3 aliphatic rings. The summed E-state index contributed by atoms with van der Waals surface area (Å²) in [6.07, 6.45) is 1.50. The third kappa shape index (κ3) is 3.17. The first-order valence-corrected chi connectivity index (χ1v) is 7.76. The van der Waals surface area contributed by atoms with Crippen LogP contribution in [-0.2, 0) is 14.2 Å². The summed E-state index contributed by atoms with van der Waals surface area (Å²) < 4.78 is 16.9. The molecule has 1 amide bonds. The van der Waals surface area contributed by atoms with Gasteiger partial charge in [0.15, 0.2) is 0 Å². The number of hydrogen-bond acceptors (Lipinski definition) is 5. The zero-order valence-electron chi connectivity index (χ0n) is 13.2. The number of nitrogens with zero attached hydrogens (tertiary/aromatic N) is 1. The lowest BCUT2D eigenvalue weighted by Crippen LogP contribution is -2.71. The number of carbonyl (C=O) groups excluding carboxylic acids is 1. The minimum Gasteiger partial charge on any atom is -0.444 e. The molecule has 0 radical (unpaired) electrons. The average molecular weight is 298 g/mol. The van der Waals surface area contributed by atoms with Gasteiger partial charge in [0, 0.05) is 19.6 Å². The molecular weight excluding hydrogens is 272 g/mol. The SMILES string of the molecule is CC(C)(C)OC(=O)N1CCC2(CC1)CNC1(COC1)CO2. The van der Waals surface area contributed by atoms with Crippen molar-refractivity contribution in [2.45, 2.75) is 50.4 Å². The topological polar surface area (TPSA) is 60.0 Å². The van der Waals surface area contributed by atoms with Gasteiger partial charge in [0.2, 0.25) is 0 Å². The van der Waals surface area contributed by atoms with E-state index in [0.717, 1.165) is 32.6 Å². The Hall–Kier alpha value is -0.850. The normalized spacial score (nSPS) is 27.5. The molecule has 0 aromatic rings. The van der Waals surface area contributed by atoms with Gasteiger partial charge in [-0.2, -0.15) is 0 Å². The standard InChI is InChI=1S/C15H26N2O4/c1-13(2,3)21-12(18)17-6-4-15(5-7-17)8-16-14(11-20-15)9-19-10-14/h16H,4-11H2,1-3H3. The molecule has 6 nitrogen and oxygen atoms in total. The highest BCUT2D eigenvalue weighted by atomic mass is 16.6. The minimum atomic E-state index is -0.439. The molecule has 3 saturated heterocycles. The third-order valence-corrected chi connectivity index (χ3v) is 4.52. The molecule has 120 valence electrons. The summed E-state index contributed by atoms with van der Waals surface area (Å²) in [6.45, 7) is 10.1. The predicted octanol–water partition coefficient (Wildman–Crippen LogP) is 1.14. The van der Waals surface area contributed by atoms with Crippen molar-refractivity contribution in [1.29, 1.82) is 0 Å². The van der Waals surface area contributed by atoms with Crippen molar-refractivity contribution in [2.24, 2.45) is 0 Å². The van der Waals surface area contributed by atoms with Crippen molar-refractivity contribution in [3.8, 4) is 0 Å². The van der Waals surface area contributed by atoms with E-state index in [4.69, 9.17) is 14.2 Å². The Labute approximate surface area is 126 Å². The van der Waals surface area contributed by atoms with Crippen molar-refractivity contribution in [3.63, 3.8) is 0 Å². The smallest absolute Gasteiger partial charge is 0.410 e. The van der Waals surface area contributed by atoms with Crippen LogP contribution in [0.25, 0.3) is 0 Å². The molecule has 3 fully saturated rings. The molecule has 0 aromatic heterocycles. The van der Waals surface area contributed by atoms with Crippen molar-refractivity contribution in [3.05, 3.63) is 0 Å². The maximum atomic E-state index is 12.1. The lowest BCUT2D eigenvalue weighted by atomic mass is 9.86. The number of carbonyl (C=O) groups is 1. The first-order valence-electron chi connectivity index (χ1n) is 7.76. The molecule has 0 aliphatic carbocycles. The molecule has 1 N–H and O–H groups in total. The fourth-order valence-electron chi connectivity index (χ4n) is 3.02. The zero-order valence-corrected chi connectivity index (χ0v) is 13.2. The number of likely N-dealkylation sites (tertiary alicyclic amines) is 1. The molecule has 3 heterocycles. The summed E-state index contributed by atoms with van der Waals surface area (Å²) in [5, 5.41) is 3.59. The van der Waals surface area contributed by atoms with Gasteiger partial charge in [0.25, 0.3) is 0 Å². The van der Waals surface area contributed by atoms with Crippen LogP contribution >= 0.6 is 0 Å². The van der Waals surface area contributed by atoms with E-state index in [9.17, 15) is 4.79 Å². The molecule has 0 saturated carbocycles. The molecule has 0 aromatic carbocycles. The molecule has 2 spiro atoms. The van der Waals surface area contributed by atoms with Crippen molar-refractivity contribution in [1.82, 2.24) is 10.2 Å². The van der Waals surface area contributed by atoms with Crippen LogP contribution in [0.5, 0.6) is 0 Å². The Bertz CT molecular complexity index is 394. The number of hydrogen-bond donors (Lipinski definition) is 1. The summed E-state index contributed by atoms with van der Waals surface area (Å²) in [6, 6.07) is 0. The van der Waals surface area contributed by atoms with Crippen LogP contribution < -0.4 is 5.32 Å². The van der Waals surface area contributed by atoms with Crippen LogP contribution in [0.1, 0.15) is 33.6 Å². The van der Waals surface area contributed by atoms with E-state index in [1.165, 1.54) is 0 Å². The van der Waals surface area contributed by atoms with Gasteiger partial charge in [-0.1, -0.05) is 0 Å². The summed E-state index contributed by atoms with van der Waals surface area (Å²) >= 11 is 0. The van der Waals surface area contributed by atoms with Gasteiger partial charge in [-0.25, -0.2) is 4.79 Å². The lowest BCUT2D eigenvalue weighted by Gasteiger charge is -2.53. The summed E-state index contributed by atoms with van der Waals surface area (Å²) in [7, 11) is 0. The second-order valence-corrected chi connectivity index (χ2v) is 7.57. The van der Waals surface area contributed by atoms with E-state index in [1.54, 1.807) is 4.90 Å². The predicted molar refractivity (Wildman–Crippen MR) is 77.3 cm³/mol. The second-order valence-electron chi connectivity index (χ2n) is 7.57. The van der Waals surface area contributed by atoms with Crippen LogP contribution in [0.4, 0.5) is 4.79 Å². The van der Waals surface area contributed by atoms with Crippen molar-refractivity contribution < 1.29 is 19.0 Å². The first kappa shape index (κ1) is 15.1.